The van der Waals surface area contributed by atoms with Gasteiger partial charge in [-0.15, -0.1) is 5.11 Å². The number of amidine groups is 1. The second kappa shape index (κ2) is 8.44. The van der Waals surface area contributed by atoms with Gasteiger partial charge in [-0.1, -0.05) is 0 Å². The number of thioether (sulfide) groups is 1. The average Bonchev–Trinajstić information content (AvgIpc) is 3.15. The number of azo groups is 1. The Hall–Kier alpha value is -3.85. The van der Waals surface area contributed by atoms with E-state index in [4.69, 9.17) is 0 Å². The first-order valence-corrected chi connectivity index (χ1v) is 9.37. The van der Waals surface area contributed by atoms with Crippen molar-refractivity contribution in [1.82, 2.24) is 15.2 Å². The van der Waals surface area contributed by atoms with Crippen LogP contribution in [0.3, 0.4) is 0 Å². The number of aromatic nitrogens is 1. The lowest BCUT2D eigenvalue weighted by atomic mass is 10.1. The summed E-state index contributed by atoms with van der Waals surface area (Å²) < 4.78 is 0. The standard InChI is InChI=1S/C20H14N6O2S/c27-19(16-2-1-7-22-12-16)25-23-13-17-18(24-20(28)29-17)26-10-5-15(6-11-26)14-3-8-21-9-4-14/h1-13,21H/b17-13+,25-23?. The van der Waals surface area contributed by atoms with Crippen molar-refractivity contribution in [3.63, 3.8) is 0 Å². The summed E-state index contributed by atoms with van der Waals surface area (Å²) in [5.74, 6) is -0.0828. The maximum atomic E-state index is 12.0. The molecule has 1 aromatic heterocycles. The summed E-state index contributed by atoms with van der Waals surface area (Å²) in [5.41, 5.74) is 2.43. The molecule has 0 radical (unpaired) electrons. The number of rotatable bonds is 2. The van der Waals surface area contributed by atoms with Crippen molar-refractivity contribution in [3.05, 3.63) is 101 Å². The van der Waals surface area contributed by atoms with Crippen LogP contribution in [0.15, 0.2) is 111 Å². The maximum absolute atomic E-state index is 12.0. The number of amides is 2. The number of pyridine rings is 1. The molecule has 2 amide bonds. The van der Waals surface area contributed by atoms with Crippen LogP contribution in [0.25, 0.3) is 0 Å². The summed E-state index contributed by atoms with van der Waals surface area (Å²) in [6, 6.07) is 3.25. The lowest BCUT2D eigenvalue weighted by Crippen LogP contribution is -2.20. The quantitative estimate of drug-likeness (QED) is 0.749. The minimum absolute atomic E-state index is 0.335. The predicted molar refractivity (Wildman–Crippen MR) is 110 cm³/mol. The Balaban J connectivity index is 1.49. The van der Waals surface area contributed by atoms with Crippen LogP contribution < -0.4 is 5.32 Å². The van der Waals surface area contributed by atoms with Crippen LogP contribution in [0.1, 0.15) is 10.4 Å². The van der Waals surface area contributed by atoms with Gasteiger partial charge >= 0.3 is 5.24 Å². The molecule has 1 aromatic rings. The lowest BCUT2D eigenvalue weighted by Gasteiger charge is -2.19. The second-order valence-corrected chi connectivity index (χ2v) is 6.84. The summed E-state index contributed by atoms with van der Waals surface area (Å²) in [5, 5.41) is 10.1. The van der Waals surface area contributed by atoms with Crippen molar-refractivity contribution < 1.29 is 9.59 Å². The molecule has 8 nitrogen and oxygen atoms in total. The van der Waals surface area contributed by atoms with Crippen molar-refractivity contribution >= 4 is 28.7 Å². The number of carbonyl (C=O) groups is 2. The highest BCUT2D eigenvalue weighted by Gasteiger charge is 2.25. The summed E-state index contributed by atoms with van der Waals surface area (Å²) in [6.45, 7) is 0. The van der Waals surface area contributed by atoms with Crippen molar-refractivity contribution in [2.45, 2.75) is 0 Å². The molecule has 9 heteroatoms. The molecule has 0 aromatic carbocycles. The fourth-order valence-corrected chi connectivity index (χ4v) is 3.26. The van der Waals surface area contributed by atoms with Crippen molar-refractivity contribution in [2.75, 3.05) is 0 Å². The van der Waals surface area contributed by atoms with Gasteiger partial charge in [-0.25, -0.2) is 0 Å². The van der Waals surface area contributed by atoms with Gasteiger partial charge in [-0.2, -0.15) is 10.1 Å². The Morgan fingerprint density at radius 2 is 1.90 bits per heavy atom. The first-order chi connectivity index (χ1) is 14.2. The molecule has 0 aliphatic carbocycles. The molecule has 4 rings (SSSR count). The molecule has 0 atom stereocenters. The highest BCUT2D eigenvalue weighted by Crippen LogP contribution is 2.30. The molecular weight excluding hydrogens is 388 g/mol. The third kappa shape index (κ3) is 4.36. The minimum Gasteiger partial charge on any atom is -0.368 e. The van der Waals surface area contributed by atoms with Crippen LogP contribution in [0.4, 0.5) is 4.79 Å². The van der Waals surface area contributed by atoms with Gasteiger partial charge in [-0.05, 0) is 59.3 Å². The number of allylic oxidation sites excluding steroid dienone is 6. The van der Waals surface area contributed by atoms with Gasteiger partial charge in [0.05, 0.1) is 16.7 Å². The maximum Gasteiger partial charge on any atom is 0.311 e. The molecule has 3 aliphatic heterocycles. The van der Waals surface area contributed by atoms with Gasteiger partial charge < -0.3 is 10.2 Å². The third-order valence-electron chi connectivity index (χ3n) is 3.97. The van der Waals surface area contributed by atoms with Gasteiger partial charge in [0.15, 0.2) is 5.84 Å². The van der Waals surface area contributed by atoms with E-state index >= 15 is 0 Å². The molecule has 1 N–H and O–H groups in total. The van der Waals surface area contributed by atoms with Crippen LogP contribution in [0.5, 0.6) is 0 Å². The highest BCUT2D eigenvalue weighted by molar-refractivity contribution is 8.18. The molecule has 0 bridgehead atoms. The molecule has 3 aliphatic rings. The second-order valence-electron chi connectivity index (χ2n) is 5.84. The van der Waals surface area contributed by atoms with E-state index in [1.807, 2.05) is 49.1 Å². The molecule has 0 saturated heterocycles. The number of hydrogen-bond donors (Lipinski definition) is 1. The largest absolute Gasteiger partial charge is 0.368 e. The zero-order valence-electron chi connectivity index (χ0n) is 15.0. The first-order valence-electron chi connectivity index (χ1n) is 8.55. The smallest absolute Gasteiger partial charge is 0.311 e. The van der Waals surface area contributed by atoms with E-state index in [1.165, 1.54) is 12.4 Å². The fraction of sp³-hybridized carbons (Fsp3) is 0. The Morgan fingerprint density at radius 1 is 1.14 bits per heavy atom. The van der Waals surface area contributed by atoms with Crippen molar-refractivity contribution in [1.29, 1.82) is 0 Å². The van der Waals surface area contributed by atoms with E-state index in [2.05, 4.69) is 25.5 Å². The molecule has 142 valence electrons. The first kappa shape index (κ1) is 18.5. The molecule has 0 unspecified atom stereocenters. The Bertz CT molecular complexity index is 1060. The molecule has 0 spiro atoms. The topological polar surface area (TPSA) is 99.4 Å². The van der Waals surface area contributed by atoms with E-state index in [0.717, 1.165) is 22.9 Å². The van der Waals surface area contributed by atoms with Gasteiger partial charge in [0.2, 0.25) is 0 Å². The van der Waals surface area contributed by atoms with Crippen LogP contribution in [-0.4, -0.2) is 26.9 Å². The Morgan fingerprint density at radius 3 is 2.62 bits per heavy atom. The predicted octanol–water partition coefficient (Wildman–Crippen LogP) is 4.05. The van der Waals surface area contributed by atoms with Crippen LogP contribution >= 0.6 is 11.8 Å². The minimum atomic E-state index is -0.514. The summed E-state index contributed by atoms with van der Waals surface area (Å²) in [4.78, 5) is 33.9. The van der Waals surface area contributed by atoms with Gasteiger partial charge in [0.1, 0.15) is 0 Å². The van der Waals surface area contributed by atoms with Gasteiger partial charge in [-0.3, -0.25) is 14.6 Å². The zero-order valence-corrected chi connectivity index (χ0v) is 15.8. The van der Waals surface area contributed by atoms with E-state index in [9.17, 15) is 9.59 Å². The van der Waals surface area contributed by atoms with E-state index in [1.54, 1.807) is 23.2 Å². The van der Waals surface area contributed by atoms with E-state index in [-0.39, 0.29) is 5.24 Å². The van der Waals surface area contributed by atoms with Crippen LogP contribution in [0, 0.1) is 0 Å². The zero-order chi connectivity index (χ0) is 20.1. The van der Waals surface area contributed by atoms with E-state index < -0.39 is 5.91 Å². The number of nitrogens with zero attached hydrogens (tertiary/aromatic N) is 5. The monoisotopic (exact) mass is 402 g/mol. The normalized spacial score (nSPS) is 19.4. The molecule has 29 heavy (non-hydrogen) atoms. The average molecular weight is 402 g/mol. The summed E-state index contributed by atoms with van der Waals surface area (Å²) >= 11 is 0.933. The van der Waals surface area contributed by atoms with Crippen LogP contribution in [0.2, 0.25) is 0 Å². The van der Waals surface area contributed by atoms with Crippen LogP contribution in [-0.2, 0) is 0 Å². The summed E-state index contributed by atoms with van der Waals surface area (Å²) in [7, 11) is 0. The van der Waals surface area contributed by atoms with Gasteiger partial charge in [0.25, 0.3) is 5.91 Å². The Labute approximate surface area is 170 Å². The third-order valence-corrected chi connectivity index (χ3v) is 4.75. The molecule has 0 fully saturated rings. The number of carbonyl (C=O) groups excluding carboxylic acids is 2. The lowest BCUT2D eigenvalue weighted by molar-refractivity contribution is 0.0994. The number of nitrogens with one attached hydrogen (secondary N) is 1. The SMILES string of the molecule is O=C1N=C(N2C=CC(=C3C=CNC=C3)C=C2)/C(=C\N=NC(=O)c2cccnc2)S1. The summed E-state index contributed by atoms with van der Waals surface area (Å²) in [6.07, 6.45) is 19.5. The molecule has 0 saturated carbocycles. The van der Waals surface area contributed by atoms with E-state index in [0.29, 0.717) is 16.3 Å². The number of hydrogen-bond acceptors (Lipinski definition) is 7. The molecular formula is C20H14N6O2S. The van der Waals surface area contributed by atoms with Crippen molar-refractivity contribution in [3.8, 4) is 0 Å². The van der Waals surface area contributed by atoms with Gasteiger partial charge in [0, 0.05) is 37.2 Å². The molecule has 4 heterocycles. The van der Waals surface area contributed by atoms with Crippen molar-refractivity contribution in [2.24, 2.45) is 15.2 Å². The highest BCUT2D eigenvalue weighted by atomic mass is 32.2. The number of dihydropyridines is 1. The number of aliphatic imine (C=N–C) groups is 1. The fourth-order valence-electron chi connectivity index (χ4n) is 2.59. The Kier molecular flexibility index (Phi) is 5.39.